The van der Waals surface area contributed by atoms with E-state index < -0.39 is 0 Å². The lowest BCUT2D eigenvalue weighted by Gasteiger charge is -2.28. The molecule has 0 saturated carbocycles. The second-order valence-electron chi connectivity index (χ2n) is 8.53. The summed E-state index contributed by atoms with van der Waals surface area (Å²) in [7, 11) is 0. The third kappa shape index (κ3) is 4.72. The van der Waals surface area contributed by atoms with Gasteiger partial charge in [-0.05, 0) is 41.2 Å². The Morgan fingerprint density at radius 3 is 1.65 bits per heavy atom. The zero-order valence-corrected chi connectivity index (χ0v) is 17.5. The summed E-state index contributed by atoms with van der Waals surface area (Å²) < 4.78 is 0. The second-order valence-corrected chi connectivity index (χ2v) is 9.41. The van der Waals surface area contributed by atoms with E-state index in [1.165, 1.54) is 0 Å². The van der Waals surface area contributed by atoms with Gasteiger partial charge in [0.15, 0.2) is 0 Å². The number of hydrogen-bond donors (Lipinski definition) is 2. The van der Waals surface area contributed by atoms with Crippen LogP contribution in [0.1, 0.15) is 63.0 Å². The van der Waals surface area contributed by atoms with Crippen LogP contribution in [0.15, 0.2) is 30.3 Å². The standard InChI is InChI=1S/C21H25Cl2NO2/c1-20(2,3)16-7-12(8-17(18(16)25)21(4,5)6)19(26)24-15-10-13(22)9-14(23)11-15/h7-11,25H,1-6H3,(H,24,26). The average molecular weight is 394 g/mol. The van der Waals surface area contributed by atoms with E-state index in [1.54, 1.807) is 30.3 Å². The fourth-order valence-corrected chi connectivity index (χ4v) is 3.26. The number of anilines is 1. The summed E-state index contributed by atoms with van der Waals surface area (Å²) in [5.74, 6) is -0.0355. The number of benzene rings is 2. The Hall–Kier alpha value is -1.71. The minimum absolute atomic E-state index is 0.243. The maximum atomic E-state index is 12.8. The summed E-state index contributed by atoms with van der Waals surface area (Å²) in [5, 5.41) is 14.5. The first-order valence-electron chi connectivity index (χ1n) is 8.44. The third-order valence-corrected chi connectivity index (χ3v) is 4.54. The lowest BCUT2D eigenvalue weighted by atomic mass is 9.78. The molecule has 26 heavy (non-hydrogen) atoms. The van der Waals surface area contributed by atoms with E-state index in [0.717, 1.165) is 11.1 Å². The van der Waals surface area contributed by atoms with Gasteiger partial charge in [-0.25, -0.2) is 0 Å². The van der Waals surface area contributed by atoms with Crippen LogP contribution in [0.25, 0.3) is 0 Å². The fraction of sp³-hybridized carbons (Fsp3) is 0.381. The first-order valence-corrected chi connectivity index (χ1v) is 9.20. The van der Waals surface area contributed by atoms with Gasteiger partial charge in [-0.2, -0.15) is 0 Å². The van der Waals surface area contributed by atoms with Crippen molar-refractivity contribution in [2.45, 2.75) is 52.4 Å². The highest BCUT2D eigenvalue weighted by Gasteiger charge is 2.27. The third-order valence-electron chi connectivity index (χ3n) is 4.11. The van der Waals surface area contributed by atoms with E-state index in [9.17, 15) is 9.90 Å². The quantitative estimate of drug-likeness (QED) is 0.607. The molecule has 2 rings (SSSR count). The molecule has 2 aromatic carbocycles. The highest BCUT2D eigenvalue weighted by Crippen LogP contribution is 2.40. The number of hydrogen-bond acceptors (Lipinski definition) is 2. The topological polar surface area (TPSA) is 49.3 Å². The van der Waals surface area contributed by atoms with E-state index in [0.29, 0.717) is 21.3 Å². The molecule has 2 N–H and O–H groups in total. The predicted molar refractivity (Wildman–Crippen MR) is 110 cm³/mol. The van der Waals surface area contributed by atoms with Crippen LogP contribution in [-0.4, -0.2) is 11.0 Å². The molecule has 0 radical (unpaired) electrons. The van der Waals surface area contributed by atoms with Gasteiger partial charge >= 0.3 is 0 Å². The molecule has 0 fully saturated rings. The summed E-state index contributed by atoms with van der Waals surface area (Å²) in [4.78, 5) is 12.8. The van der Waals surface area contributed by atoms with Gasteiger partial charge in [0.2, 0.25) is 0 Å². The molecular weight excluding hydrogens is 369 g/mol. The minimum atomic E-state index is -0.306. The van der Waals surface area contributed by atoms with Crippen LogP contribution in [0.5, 0.6) is 5.75 Å². The second kappa shape index (κ2) is 7.13. The first kappa shape index (κ1) is 20.6. The Kier molecular flexibility index (Phi) is 5.65. The van der Waals surface area contributed by atoms with E-state index >= 15 is 0 Å². The molecular formula is C21H25Cl2NO2. The number of rotatable bonds is 2. The number of halogens is 2. The monoisotopic (exact) mass is 393 g/mol. The first-order chi connectivity index (χ1) is 11.8. The van der Waals surface area contributed by atoms with Crippen molar-refractivity contribution in [2.24, 2.45) is 0 Å². The van der Waals surface area contributed by atoms with Gasteiger partial charge in [-0.1, -0.05) is 64.7 Å². The summed E-state index contributed by atoms with van der Waals surface area (Å²) in [6, 6.07) is 8.37. The molecule has 0 aliphatic heterocycles. The van der Waals surface area contributed by atoms with Crippen molar-refractivity contribution in [1.82, 2.24) is 0 Å². The van der Waals surface area contributed by atoms with E-state index in [4.69, 9.17) is 23.2 Å². The van der Waals surface area contributed by atoms with Crippen LogP contribution in [0.4, 0.5) is 5.69 Å². The molecule has 0 bridgehead atoms. The molecule has 0 unspecified atom stereocenters. The number of phenols is 1. The van der Waals surface area contributed by atoms with Crippen molar-refractivity contribution in [2.75, 3.05) is 5.32 Å². The number of amides is 1. The van der Waals surface area contributed by atoms with Crippen LogP contribution in [-0.2, 0) is 10.8 Å². The number of carbonyl (C=O) groups excluding carboxylic acids is 1. The number of aromatic hydroxyl groups is 1. The van der Waals surface area contributed by atoms with E-state index in [-0.39, 0.29) is 22.5 Å². The summed E-state index contributed by atoms with van der Waals surface area (Å²) in [5.41, 5.74) is 1.86. The lowest BCUT2D eigenvalue weighted by molar-refractivity contribution is 0.102. The highest BCUT2D eigenvalue weighted by atomic mass is 35.5. The number of phenolic OH excluding ortho intramolecular Hbond substituents is 1. The molecule has 5 heteroatoms. The van der Waals surface area contributed by atoms with Crippen LogP contribution >= 0.6 is 23.2 Å². The zero-order valence-electron chi connectivity index (χ0n) is 16.0. The van der Waals surface area contributed by atoms with Crippen molar-refractivity contribution in [3.63, 3.8) is 0 Å². The van der Waals surface area contributed by atoms with Crippen LogP contribution in [0, 0.1) is 0 Å². The molecule has 0 spiro atoms. The molecule has 140 valence electrons. The Morgan fingerprint density at radius 1 is 0.846 bits per heavy atom. The molecule has 0 aliphatic carbocycles. The maximum Gasteiger partial charge on any atom is 0.255 e. The van der Waals surface area contributed by atoms with Crippen molar-refractivity contribution in [1.29, 1.82) is 0 Å². The maximum absolute atomic E-state index is 12.8. The van der Waals surface area contributed by atoms with Crippen LogP contribution in [0.2, 0.25) is 10.0 Å². The van der Waals surface area contributed by atoms with Crippen molar-refractivity contribution in [3.8, 4) is 5.75 Å². The van der Waals surface area contributed by atoms with Gasteiger partial charge in [0.25, 0.3) is 5.91 Å². The van der Waals surface area contributed by atoms with Crippen molar-refractivity contribution >= 4 is 34.8 Å². The Balaban J connectivity index is 2.52. The smallest absolute Gasteiger partial charge is 0.255 e. The van der Waals surface area contributed by atoms with Crippen LogP contribution < -0.4 is 5.32 Å². The lowest BCUT2D eigenvalue weighted by Crippen LogP contribution is -2.20. The summed E-state index contributed by atoms with van der Waals surface area (Å²) in [6.45, 7) is 12.0. The van der Waals surface area contributed by atoms with Crippen molar-refractivity contribution in [3.05, 3.63) is 57.1 Å². The Morgan fingerprint density at radius 2 is 1.27 bits per heavy atom. The Labute approximate surface area is 165 Å². The summed E-state index contributed by atoms with van der Waals surface area (Å²) in [6.07, 6.45) is 0. The fourth-order valence-electron chi connectivity index (χ4n) is 2.74. The molecule has 1 amide bonds. The van der Waals surface area contributed by atoms with Gasteiger partial charge in [-0.3, -0.25) is 4.79 Å². The molecule has 3 nitrogen and oxygen atoms in total. The van der Waals surface area contributed by atoms with Crippen LogP contribution in [0.3, 0.4) is 0 Å². The average Bonchev–Trinajstić information content (AvgIpc) is 2.43. The zero-order chi connectivity index (χ0) is 19.9. The van der Waals surface area contributed by atoms with E-state index in [2.05, 4.69) is 5.32 Å². The molecule has 0 heterocycles. The van der Waals surface area contributed by atoms with Crippen molar-refractivity contribution < 1.29 is 9.90 Å². The molecule has 0 aromatic heterocycles. The largest absolute Gasteiger partial charge is 0.507 e. The van der Waals surface area contributed by atoms with Gasteiger partial charge in [-0.15, -0.1) is 0 Å². The number of nitrogens with one attached hydrogen (secondary N) is 1. The predicted octanol–water partition coefficient (Wildman–Crippen LogP) is 6.55. The van der Waals surface area contributed by atoms with Gasteiger partial charge in [0.05, 0.1) is 0 Å². The van der Waals surface area contributed by atoms with Gasteiger partial charge < -0.3 is 10.4 Å². The molecule has 0 saturated heterocycles. The number of carbonyl (C=O) groups is 1. The molecule has 2 aromatic rings. The minimum Gasteiger partial charge on any atom is -0.507 e. The summed E-state index contributed by atoms with van der Waals surface area (Å²) >= 11 is 12.0. The molecule has 0 aliphatic rings. The Bertz CT molecular complexity index is 791. The SMILES string of the molecule is CC(C)(C)c1cc(C(=O)Nc2cc(Cl)cc(Cl)c2)cc(C(C)(C)C)c1O. The normalized spacial score (nSPS) is 12.2. The van der Waals surface area contributed by atoms with Gasteiger partial charge in [0, 0.05) is 32.4 Å². The molecule has 0 atom stereocenters. The highest BCUT2D eigenvalue weighted by molar-refractivity contribution is 6.35. The van der Waals surface area contributed by atoms with E-state index in [1.807, 2.05) is 41.5 Å². The van der Waals surface area contributed by atoms with Gasteiger partial charge in [0.1, 0.15) is 5.75 Å².